The molecule has 2 aromatic heterocycles. The summed E-state index contributed by atoms with van der Waals surface area (Å²) in [5, 5.41) is 9.31. The van der Waals surface area contributed by atoms with Gasteiger partial charge in [0, 0.05) is 17.1 Å². The summed E-state index contributed by atoms with van der Waals surface area (Å²) in [4.78, 5) is 4.24. The SMILES string of the molecule is COc1ccc(-c2nnc(Cl)c3ncccc23)cc1. The number of halogens is 1. The Labute approximate surface area is 115 Å². The molecule has 94 valence electrons. The van der Waals surface area contributed by atoms with Crippen molar-refractivity contribution in [3.63, 3.8) is 0 Å². The summed E-state index contributed by atoms with van der Waals surface area (Å²) in [6.07, 6.45) is 1.69. The number of aromatic nitrogens is 3. The molecule has 0 atom stereocenters. The summed E-state index contributed by atoms with van der Waals surface area (Å²) in [5.41, 5.74) is 2.36. The summed E-state index contributed by atoms with van der Waals surface area (Å²) < 4.78 is 5.14. The minimum Gasteiger partial charge on any atom is -0.497 e. The second-order valence-electron chi connectivity index (χ2n) is 3.97. The zero-order valence-electron chi connectivity index (χ0n) is 10.2. The quantitative estimate of drug-likeness (QED) is 0.717. The lowest BCUT2D eigenvalue weighted by atomic mass is 10.1. The summed E-state index contributed by atoms with van der Waals surface area (Å²) in [6.45, 7) is 0. The Morgan fingerprint density at radius 1 is 1.05 bits per heavy atom. The molecule has 0 spiro atoms. The van der Waals surface area contributed by atoms with Crippen molar-refractivity contribution in [2.45, 2.75) is 0 Å². The van der Waals surface area contributed by atoms with Crippen LogP contribution in [0.4, 0.5) is 0 Å². The van der Waals surface area contributed by atoms with Crippen LogP contribution in [0.15, 0.2) is 42.6 Å². The number of rotatable bonds is 2. The Balaban J connectivity index is 2.21. The highest BCUT2D eigenvalue weighted by Gasteiger charge is 2.10. The maximum Gasteiger partial charge on any atom is 0.177 e. The zero-order chi connectivity index (χ0) is 13.2. The first-order valence-corrected chi connectivity index (χ1v) is 6.09. The van der Waals surface area contributed by atoms with Gasteiger partial charge < -0.3 is 4.74 Å². The van der Waals surface area contributed by atoms with Gasteiger partial charge in [0.05, 0.1) is 7.11 Å². The molecule has 3 rings (SSSR count). The number of benzene rings is 1. The number of methoxy groups -OCH3 is 1. The topological polar surface area (TPSA) is 47.9 Å². The van der Waals surface area contributed by atoms with Crippen LogP contribution >= 0.6 is 11.6 Å². The largest absolute Gasteiger partial charge is 0.497 e. The molecule has 5 heteroatoms. The second-order valence-corrected chi connectivity index (χ2v) is 4.33. The van der Waals surface area contributed by atoms with Crippen LogP contribution in [0.2, 0.25) is 5.15 Å². The van der Waals surface area contributed by atoms with E-state index in [1.165, 1.54) is 0 Å². The molecule has 2 heterocycles. The lowest BCUT2D eigenvalue weighted by Crippen LogP contribution is -1.93. The van der Waals surface area contributed by atoms with Gasteiger partial charge in [0.15, 0.2) is 5.15 Å². The highest BCUT2D eigenvalue weighted by molar-refractivity contribution is 6.34. The van der Waals surface area contributed by atoms with Gasteiger partial charge in [-0.25, -0.2) is 0 Å². The minimum atomic E-state index is 0.313. The van der Waals surface area contributed by atoms with Gasteiger partial charge in [0.25, 0.3) is 0 Å². The molecule has 0 unspecified atom stereocenters. The highest BCUT2D eigenvalue weighted by Crippen LogP contribution is 2.28. The first kappa shape index (κ1) is 11.9. The molecule has 19 heavy (non-hydrogen) atoms. The predicted octanol–water partition coefficient (Wildman–Crippen LogP) is 3.35. The molecule has 0 radical (unpaired) electrons. The molecule has 0 saturated heterocycles. The average Bonchev–Trinajstić information content (AvgIpc) is 2.48. The summed E-state index contributed by atoms with van der Waals surface area (Å²) in [5.74, 6) is 0.799. The van der Waals surface area contributed by atoms with Crippen LogP contribution < -0.4 is 4.74 Å². The molecule has 0 amide bonds. The third kappa shape index (κ3) is 2.11. The maximum absolute atomic E-state index is 6.01. The van der Waals surface area contributed by atoms with Gasteiger partial charge in [0.1, 0.15) is 17.0 Å². The van der Waals surface area contributed by atoms with Crippen LogP contribution in [0, 0.1) is 0 Å². The van der Waals surface area contributed by atoms with Gasteiger partial charge in [-0.1, -0.05) is 11.6 Å². The van der Waals surface area contributed by atoms with E-state index < -0.39 is 0 Å². The molecule has 4 nitrogen and oxygen atoms in total. The van der Waals surface area contributed by atoms with E-state index in [0.717, 1.165) is 22.4 Å². The smallest absolute Gasteiger partial charge is 0.177 e. The third-order valence-electron chi connectivity index (χ3n) is 2.86. The lowest BCUT2D eigenvalue weighted by Gasteiger charge is -2.06. The van der Waals surface area contributed by atoms with E-state index in [1.54, 1.807) is 13.3 Å². The molecule has 0 bridgehead atoms. The van der Waals surface area contributed by atoms with Gasteiger partial charge in [-0.15, -0.1) is 10.2 Å². The normalized spacial score (nSPS) is 10.6. The van der Waals surface area contributed by atoms with Crippen molar-refractivity contribution < 1.29 is 4.74 Å². The predicted molar refractivity (Wildman–Crippen MR) is 74.3 cm³/mol. The number of ether oxygens (including phenoxy) is 1. The first-order valence-electron chi connectivity index (χ1n) is 5.71. The van der Waals surface area contributed by atoms with Gasteiger partial charge in [-0.3, -0.25) is 4.98 Å². The number of hydrogen-bond donors (Lipinski definition) is 0. The van der Waals surface area contributed by atoms with E-state index in [0.29, 0.717) is 10.7 Å². The van der Waals surface area contributed by atoms with Gasteiger partial charge in [-0.2, -0.15) is 0 Å². The molecule has 0 aliphatic carbocycles. The molecule has 0 N–H and O–H groups in total. The molecular formula is C14H10ClN3O. The van der Waals surface area contributed by atoms with Crippen molar-refractivity contribution in [3.05, 3.63) is 47.7 Å². The average molecular weight is 272 g/mol. The van der Waals surface area contributed by atoms with Crippen LogP contribution in [-0.4, -0.2) is 22.3 Å². The number of hydrogen-bond acceptors (Lipinski definition) is 4. The molecule has 0 fully saturated rings. The Hall–Kier alpha value is -2.20. The highest BCUT2D eigenvalue weighted by atomic mass is 35.5. The van der Waals surface area contributed by atoms with Crippen LogP contribution in [0.1, 0.15) is 0 Å². The van der Waals surface area contributed by atoms with E-state index in [9.17, 15) is 0 Å². The molecular weight excluding hydrogens is 262 g/mol. The van der Waals surface area contributed by atoms with Crippen LogP contribution in [0.3, 0.4) is 0 Å². The fourth-order valence-corrected chi connectivity index (χ4v) is 2.11. The summed E-state index contributed by atoms with van der Waals surface area (Å²) in [6, 6.07) is 11.4. The van der Waals surface area contributed by atoms with Crippen molar-refractivity contribution in [2.24, 2.45) is 0 Å². The standard InChI is InChI=1S/C14H10ClN3O/c1-19-10-6-4-9(5-7-10)12-11-3-2-8-16-13(11)14(15)18-17-12/h2-8H,1H3. The fourth-order valence-electron chi connectivity index (χ4n) is 1.92. The van der Waals surface area contributed by atoms with Gasteiger partial charge in [-0.05, 0) is 36.4 Å². The van der Waals surface area contributed by atoms with Crippen molar-refractivity contribution in [2.75, 3.05) is 7.11 Å². The Morgan fingerprint density at radius 2 is 1.84 bits per heavy atom. The summed E-state index contributed by atoms with van der Waals surface area (Å²) in [7, 11) is 1.64. The number of pyridine rings is 1. The van der Waals surface area contributed by atoms with E-state index in [1.807, 2.05) is 36.4 Å². The molecule has 0 saturated carbocycles. The molecule has 0 aliphatic heterocycles. The van der Waals surface area contributed by atoms with E-state index in [2.05, 4.69) is 15.2 Å². The Bertz CT molecular complexity index is 728. The van der Waals surface area contributed by atoms with E-state index in [4.69, 9.17) is 16.3 Å². The van der Waals surface area contributed by atoms with Crippen LogP contribution in [-0.2, 0) is 0 Å². The van der Waals surface area contributed by atoms with Crippen molar-refractivity contribution in [1.82, 2.24) is 15.2 Å². The lowest BCUT2D eigenvalue weighted by molar-refractivity contribution is 0.415. The fraction of sp³-hybridized carbons (Fsp3) is 0.0714. The van der Waals surface area contributed by atoms with Crippen molar-refractivity contribution in [1.29, 1.82) is 0 Å². The second kappa shape index (κ2) is 4.82. The van der Waals surface area contributed by atoms with Gasteiger partial charge >= 0.3 is 0 Å². The Kier molecular flexibility index (Phi) is 3.01. The Morgan fingerprint density at radius 3 is 2.58 bits per heavy atom. The maximum atomic E-state index is 6.01. The van der Waals surface area contributed by atoms with Crippen molar-refractivity contribution in [3.8, 4) is 17.0 Å². The molecule has 3 aromatic rings. The van der Waals surface area contributed by atoms with Crippen molar-refractivity contribution >= 4 is 22.5 Å². The molecule has 1 aromatic carbocycles. The van der Waals surface area contributed by atoms with E-state index in [-0.39, 0.29) is 0 Å². The van der Waals surface area contributed by atoms with Crippen LogP contribution in [0.25, 0.3) is 22.2 Å². The molecule has 0 aliphatic rings. The number of nitrogens with zero attached hydrogens (tertiary/aromatic N) is 3. The first-order chi connectivity index (χ1) is 9.29. The minimum absolute atomic E-state index is 0.313. The zero-order valence-corrected chi connectivity index (χ0v) is 10.9. The van der Waals surface area contributed by atoms with Gasteiger partial charge in [0.2, 0.25) is 0 Å². The summed E-state index contributed by atoms with van der Waals surface area (Å²) >= 11 is 6.01. The number of fused-ring (bicyclic) bond motifs is 1. The third-order valence-corrected chi connectivity index (χ3v) is 3.11. The monoisotopic (exact) mass is 271 g/mol. The van der Waals surface area contributed by atoms with Crippen LogP contribution in [0.5, 0.6) is 5.75 Å². The van der Waals surface area contributed by atoms with E-state index >= 15 is 0 Å².